The largest absolute Gasteiger partial charge is 0.435 e. The minimum atomic E-state index is -4.80. The van der Waals surface area contributed by atoms with Gasteiger partial charge in [0.15, 0.2) is 17.3 Å². The lowest BCUT2D eigenvalue weighted by molar-refractivity contribution is -0.895. The number of benzene rings is 1. The number of likely N-dealkylation sites (tertiary alicyclic amines) is 1. The second-order valence-corrected chi connectivity index (χ2v) is 13.8. The summed E-state index contributed by atoms with van der Waals surface area (Å²) in [6.07, 6.45) is 0.743. The van der Waals surface area contributed by atoms with Gasteiger partial charge in [0.1, 0.15) is 0 Å². The smallest absolute Gasteiger partial charge is 0.387 e. The number of hydrogen-bond donors (Lipinski definition) is 2. The minimum Gasteiger partial charge on any atom is -0.387 e. The van der Waals surface area contributed by atoms with Crippen LogP contribution < -0.4 is 10.6 Å². The lowest BCUT2D eigenvalue weighted by Gasteiger charge is -2.40. The van der Waals surface area contributed by atoms with Crippen molar-refractivity contribution in [3.63, 3.8) is 0 Å². The van der Waals surface area contributed by atoms with Gasteiger partial charge >= 0.3 is 6.18 Å². The topological polar surface area (TPSA) is 130 Å². The Balaban J connectivity index is 1.11. The van der Waals surface area contributed by atoms with Crippen molar-refractivity contribution in [3.8, 4) is 17.1 Å². The third-order valence-electron chi connectivity index (χ3n) is 9.57. The number of pyridine rings is 1. The third kappa shape index (κ3) is 7.56. The van der Waals surface area contributed by atoms with Crippen molar-refractivity contribution in [2.45, 2.75) is 19.0 Å². The van der Waals surface area contributed by atoms with Crippen molar-refractivity contribution in [3.05, 3.63) is 71.0 Å². The molecule has 0 radical (unpaired) electrons. The summed E-state index contributed by atoms with van der Waals surface area (Å²) in [5.41, 5.74) is -0.265. The molecule has 0 aliphatic carbocycles. The standard InChI is InChI=1S/C34H38ClF3N10O3/c1-39-23-6-8-28(40-18-23)47-20-25(29(43-47)34(36,37)38)27-19-41-30(44(27)2)31(49)42-22-5-7-24(26(35)17-22)33(51)46-13-11-45(12-14-46)32(50)21-9-15-48(3,4)16-10-21/h5-8,17-21,39H,9-16H2,1-4H3/p+1. The summed E-state index contributed by atoms with van der Waals surface area (Å²) >= 11 is 6.51. The van der Waals surface area contributed by atoms with Gasteiger partial charge < -0.3 is 29.5 Å². The average molecular weight is 728 g/mol. The van der Waals surface area contributed by atoms with Crippen LogP contribution in [-0.2, 0) is 18.0 Å². The van der Waals surface area contributed by atoms with E-state index in [1.165, 1.54) is 54.5 Å². The second kappa shape index (κ2) is 14.0. The quantitative estimate of drug-likeness (QED) is 0.270. The van der Waals surface area contributed by atoms with Crippen LogP contribution in [0.25, 0.3) is 17.1 Å². The number of carbonyl (C=O) groups excluding carboxylic acids is 3. The van der Waals surface area contributed by atoms with E-state index in [9.17, 15) is 27.6 Å². The summed E-state index contributed by atoms with van der Waals surface area (Å²) < 4.78 is 45.4. The molecule has 0 saturated carbocycles. The first kappa shape index (κ1) is 35.9. The molecule has 0 bridgehead atoms. The number of carbonyl (C=O) groups is 3. The van der Waals surface area contributed by atoms with E-state index in [1.54, 1.807) is 18.0 Å². The number of piperidine rings is 1. The second-order valence-electron chi connectivity index (χ2n) is 13.4. The molecule has 6 rings (SSSR count). The zero-order valence-electron chi connectivity index (χ0n) is 28.7. The fourth-order valence-electron chi connectivity index (χ4n) is 6.45. The van der Waals surface area contributed by atoms with Crippen LogP contribution in [0.1, 0.15) is 39.5 Å². The Morgan fingerprint density at radius 1 is 0.941 bits per heavy atom. The van der Waals surface area contributed by atoms with Crippen LogP contribution in [-0.4, -0.2) is 117 Å². The predicted octanol–water partition coefficient (Wildman–Crippen LogP) is 4.40. The van der Waals surface area contributed by atoms with Crippen molar-refractivity contribution in [2.75, 3.05) is 71.0 Å². The number of aromatic nitrogens is 5. The Bertz CT molecular complexity index is 1940. The molecule has 0 atom stereocenters. The van der Waals surface area contributed by atoms with Crippen LogP contribution in [0.2, 0.25) is 5.02 Å². The van der Waals surface area contributed by atoms with Gasteiger partial charge in [0.05, 0.1) is 67.1 Å². The highest BCUT2D eigenvalue weighted by atomic mass is 35.5. The van der Waals surface area contributed by atoms with E-state index in [1.807, 2.05) is 4.90 Å². The summed E-state index contributed by atoms with van der Waals surface area (Å²) in [5.74, 6) is -0.810. The molecule has 3 aromatic heterocycles. The van der Waals surface area contributed by atoms with Crippen molar-refractivity contribution >= 4 is 40.7 Å². The zero-order valence-corrected chi connectivity index (χ0v) is 29.4. The molecule has 270 valence electrons. The maximum Gasteiger partial charge on any atom is 0.435 e. The zero-order chi connectivity index (χ0) is 36.7. The fourth-order valence-corrected chi connectivity index (χ4v) is 6.72. The molecule has 4 aromatic rings. The van der Waals surface area contributed by atoms with Crippen LogP contribution >= 0.6 is 11.6 Å². The van der Waals surface area contributed by atoms with Crippen LogP contribution in [0.15, 0.2) is 48.9 Å². The lowest BCUT2D eigenvalue weighted by atomic mass is 9.94. The Kier molecular flexibility index (Phi) is 9.83. The molecule has 5 heterocycles. The predicted molar refractivity (Wildman–Crippen MR) is 185 cm³/mol. The number of imidazole rings is 1. The highest BCUT2D eigenvalue weighted by molar-refractivity contribution is 6.34. The third-order valence-corrected chi connectivity index (χ3v) is 9.88. The van der Waals surface area contributed by atoms with E-state index < -0.39 is 17.8 Å². The van der Waals surface area contributed by atoms with Crippen LogP contribution in [0, 0.1) is 5.92 Å². The summed E-state index contributed by atoms with van der Waals surface area (Å²) in [5, 5.41) is 9.41. The van der Waals surface area contributed by atoms with Gasteiger partial charge in [-0.3, -0.25) is 14.4 Å². The number of halogens is 4. The Morgan fingerprint density at radius 2 is 1.61 bits per heavy atom. The molecular weight excluding hydrogens is 689 g/mol. The Labute approximate surface area is 297 Å². The molecule has 2 aliphatic heterocycles. The van der Waals surface area contributed by atoms with E-state index in [4.69, 9.17) is 11.6 Å². The molecule has 2 N–H and O–H groups in total. The number of quaternary nitrogens is 1. The van der Waals surface area contributed by atoms with Gasteiger partial charge in [0, 0.05) is 70.9 Å². The number of piperazine rings is 1. The van der Waals surface area contributed by atoms with E-state index in [2.05, 4.69) is 39.8 Å². The van der Waals surface area contributed by atoms with Gasteiger partial charge in [-0.25, -0.2) is 14.6 Å². The number of anilines is 2. The first-order valence-electron chi connectivity index (χ1n) is 16.5. The van der Waals surface area contributed by atoms with Gasteiger partial charge in [0.2, 0.25) is 5.91 Å². The van der Waals surface area contributed by atoms with Crippen molar-refractivity contribution in [2.24, 2.45) is 13.0 Å². The minimum absolute atomic E-state index is 0.00767. The average Bonchev–Trinajstić information content (AvgIpc) is 3.72. The number of hydrogen-bond acceptors (Lipinski definition) is 7. The summed E-state index contributed by atoms with van der Waals surface area (Å²) in [6, 6.07) is 7.63. The fraction of sp³-hybridized carbons (Fsp3) is 0.412. The normalized spacial score (nSPS) is 16.6. The lowest BCUT2D eigenvalue weighted by Crippen LogP contribution is -2.54. The molecule has 2 aliphatic rings. The van der Waals surface area contributed by atoms with E-state index in [0.717, 1.165) is 35.1 Å². The van der Waals surface area contributed by atoms with Crippen molar-refractivity contribution in [1.82, 2.24) is 34.1 Å². The van der Waals surface area contributed by atoms with Gasteiger partial charge in [-0.15, -0.1) is 0 Å². The van der Waals surface area contributed by atoms with Crippen LogP contribution in [0.3, 0.4) is 0 Å². The molecule has 17 heteroatoms. The Hall–Kier alpha value is -4.96. The van der Waals surface area contributed by atoms with Crippen molar-refractivity contribution < 1.29 is 32.0 Å². The Morgan fingerprint density at radius 3 is 2.22 bits per heavy atom. The molecule has 0 spiro atoms. The molecule has 0 unspecified atom stereocenters. The van der Waals surface area contributed by atoms with Crippen LogP contribution in [0.4, 0.5) is 24.5 Å². The first-order valence-corrected chi connectivity index (χ1v) is 16.9. The summed E-state index contributed by atoms with van der Waals surface area (Å²) in [7, 11) is 7.46. The van der Waals surface area contributed by atoms with Crippen molar-refractivity contribution in [1.29, 1.82) is 0 Å². The number of nitrogens with zero attached hydrogens (tertiary/aromatic N) is 8. The number of rotatable bonds is 7. The molecule has 13 nitrogen and oxygen atoms in total. The van der Waals surface area contributed by atoms with Gasteiger partial charge in [0.25, 0.3) is 11.8 Å². The highest BCUT2D eigenvalue weighted by Crippen LogP contribution is 2.37. The summed E-state index contributed by atoms with van der Waals surface area (Å²) in [6.45, 7) is 3.58. The molecule has 3 amide bonds. The summed E-state index contributed by atoms with van der Waals surface area (Å²) in [4.78, 5) is 51.5. The monoisotopic (exact) mass is 727 g/mol. The molecule has 1 aromatic carbocycles. The number of nitrogens with one attached hydrogen (secondary N) is 2. The molecule has 51 heavy (non-hydrogen) atoms. The SMILES string of the molecule is CNc1ccc(-n2cc(-c3cnc(C(=O)Nc4ccc(C(=O)N5CCN(C(=O)C6CC[N+](C)(C)CC6)CC5)c(Cl)c4)n3C)c(C(F)(F)F)n2)nc1. The van der Waals surface area contributed by atoms with Gasteiger partial charge in [-0.2, -0.15) is 18.3 Å². The number of alkyl halides is 3. The van der Waals surface area contributed by atoms with Gasteiger partial charge in [-0.05, 0) is 30.3 Å². The number of amides is 3. The van der Waals surface area contributed by atoms with E-state index >= 15 is 0 Å². The highest BCUT2D eigenvalue weighted by Gasteiger charge is 2.39. The molecular formula is C34H39ClF3N10O3+. The maximum atomic E-state index is 14.1. The maximum absolute atomic E-state index is 14.1. The van der Waals surface area contributed by atoms with Gasteiger partial charge in [-0.1, -0.05) is 11.6 Å². The van der Waals surface area contributed by atoms with E-state index in [0.29, 0.717) is 31.9 Å². The molecule has 2 saturated heterocycles. The van der Waals surface area contributed by atoms with Crippen LogP contribution in [0.5, 0.6) is 0 Å². The first-order chi connectivity index (χ1) is 24.1. The molecule has 2 fully saturated rings. The van der Waals surface area contributed by atoms with E-state index in [-0.39, 0.29) is 56.9 Å².